The average molecular weight is 489 g/mol. The van der Waals surface area contributed by atoms with E-state index in [2.05, 4.69) is 11.8 Å². The smallest absolute Gasteiger partial charge is 0.348 e. The average Bonchev–Trinajstić information content (AvgIpc) is 3.47. The van der Waals surface area contributed by atoms with Crippen LogP contribution in [-0.4, -0.2) is 60.6 Å². The molecule has 1 aromatic heterocycles. The molecule has 2 amide bonds. The van der Waals surface area contributed by atoms with Gasteiger partial charge < -0.3 is 14.7 Å². The second-order valence-corrected chi connectivity index (χ2v) is 11.2. The normalized spacial score (nSPS) is 17.7. The number of nitrogens with zero attached hydrogens (tertiary/aromatic N) is 2. The Kier molecular flexibility index (Phi) is 8.78. The Labute approximate surface area is 206 Å². The number of carbonyl (C=O) groups is 3. The minimum atomic E-state index is -1.13. The third kappa shape index (κ3) is 6.39. The van der Waals surface area contributed by atoms with Gasteiger partial charge in [-0.15, -0.1) is 11.3 Å². The number of hydrogen-bond donors (Lipinski definition) is 1. The molecule has 1 saturated heterocycles. The molecular weight excluding hydrogens is 452 g/mol. The van der Waals surface area contributed by atoms with Gasteiger partial charge in [0, 0.05) is 31.5 Å². The van der Waals surface area contributed by atoms with Crippen LogP contribution >= 0.6 is 11.3 Å². The van der Waals surface area contributed by atoms with Gasteiger partial charge >= 0.3 is 5.97 Å². The van der Waals surface area contributed by atoms with Gasteiger partial charge in [-0.1, -0.05) is 31.1 Å². The molecule has 0 unspecified atom stereocenters. The van der Waals surface area contributed by atoms with E-state index in [1.807, 2.05) is 20.8 Å². The van der Waals surface area contributed by atoms with Crippen molar-refractivity contribution in [3.63, 3.8) is 0 Å². The van der Waals surface area contributed by atoms with Crippen molar-refractivity contribution in [2.24, 2.45) is 11.3 Å². The van der Waals surface area contributed by atoms with Crippen LogP contribution in [0.25, 0.3) is 0 Å². The molecule has 1 saturated carbocycles. The number of amides is 2. The van der Waals surface area contributed by atoms with Crippen molar-refractivity contribution in [1.29, 1.82) is 0 Å². The van der Waals surface area contributed by atoms with Gasteiger partial charge in [0.05, 0.1) is 17.2 Å². The molecule has 8 heteroatoms. The molecule has 1 aliphatic heterocycles. The van der Waals surface area contributed by atoms with Gasteiger partial charge in [-0.05, 0) is 52.5 Å². The molecule has 2 aliphatic rings. The number of methoxy groups -OCH3 is 1. The third-order valence-electron chi connectivity index (χ3n) is 6.26. The minimum absolute atomic E-state index is 0.00566. The summed E-state index contributed by atoms with van der Waals surface area (Å²) in [5.74, 6) is 4.47. The summed E-state index contributed by atoms with van der Waals surface area (Å²) in [5, 5.41) is 10.0. The van der Waals surface area contributed by atoms with E-state index in [1.165, 1.54) is 12.0 Å². The molecule has 3 rings (SSSR count). The topological polar surface area (TPSA) is 87.2 Å². The molecule has 34 heavy (non-hydrogen) atoms. The fourth-order valence-electron chi connectivity index (χ4n) is 4.57. The predicted molar refractivity (Wildman–Crippen MR) is 133 cm³/mol. The molecule has 0 aromatic carbocycles. The van der Waals surface area contributed by atoms with Crippen molar-refractivity contribution in [1.82, 2.24) is 4.90 Å². The van der Waals surface area contributed by atoms with Gasteiger partial charge in [0.2, 0.25) is 11.8 Å². The van der Waals surface area contributed by atoms with Crippen LogP contribution in [-0.2, 0) is 14.3 Å². The molecule has 1 aromatic rings. The first-order valence-electron chi connectivity index (χ1n) is 12.1. The predicted octanol–water partition coefficient (Wildman–Crippen LogP) is 4.39. The summed E-state index contributed by atoms with van der Waals surface area (Å²) in [7, 11) is 1.50. The Hall–Kier alpha value is -2.37. The molecule has 186 valence electrons. The highest BCUT2D eigenvalue weighted by Crippen LogP contribution is 2.36. The van der Waals surface area contributed by atoms with E-state index in [1.54, 1.807) is 11.0 Å². The summed E-state index contributed by atoms with van der Waals surface area (Å²) in [6, 6.07) is 0.752. The quantitative estimate of drug-likeness (QED) is 0.575. The second-order valence-electron chi connectivity index (χ2n) is 10.2. The van der Waals surface area contributed by atoms with Crippen molar-refractivity contribution >= 4 is 34.8 Å². The molecule has 0 bridgehead atoms. The first-order valence-corrected chi connectivity index (χ1v) is 12.9. The summed E-state index contributed by atoms with van der Waals surface area (Å²) in [6.45, 7) is 7.23. The van der Waals surface area contributed by atoms with Crippen LogP contribution in [0.5, 0.6) is 0 Å². The van der Waals surface area contributed by atoms with E-state index in [0.717, 1.165) is 56.3 Å². The molecule has 1 N–H and O–H groups in total. The van der Waals surface area contributed by atoms with E-state index < -0.39 is 12.0 Å². The summed E-state index contributed by atoms with van der Waals surface area (Å²) in [4.78, 5) is 43.5. The molecule has 1 aliphatic carbocycles. The van der Waals surface area contributed by atoms with Crippen molar-refractivity contribution in [2.75, 3.05) is 31.7 Å². The summed E-state index contributed by atoms with van der Waals surface area (Å²) < 4.78 is 5.41. The van der Waals surface area contributed by atoms with Crippen molar-refractivity contribution in [3.8, 4) is 11.8 Å². The first-order chi connectivity index (χ1) is 16.1. The van der Waals surface area contributed by atoms with Gasteiger partial charge in [0.15, 0.2) is 0 Å². The lowest BCUT2D eigenvalue weighted by atomic mass is 9.87. The zero-order valence-electron chi connectivity index (χ0n) is 20.7. The molecule has 0 spiro atoms. The molecule has 2 fully saturated rings. The summed E-state index contributed by atoms with van der Waals surface area (Å²) in [6.07, 6.45) is 6.34. The molecule has 2 heterocycles. The van der Waals surface area contributed by atoms with Gasteiger partial charge in [0.1, 0.15) is 10.9 Å². The van der Waals surface area contributed by atoms with E-state index in [0.29, 0.717) is 18.0 Å². The molecule has 7 nitrogen and oxygen atoms in total. The maximum atomic E-state index is 13.9. The molecule has 1 atom stereocenters. The van der Waals surface area contributed by atoms with E-state index in [-0.39, 0.29) is 40.3 Å². The van der Waals surface area contributed by atoms with Crippen molar-refractivity contribution < 1.29 is 24.2 Å². The summed E-state index contributed by atoms with van der Waals surface area (Å²) in [5.41, 5.74) is -0.00370. The standard InChI is InChI=1S/C26H36N2O5S/c1-26(2,3)13-12-19-16-20(22(34-19)25(31)32)28(23(29)18-10-6-5-7-11-18)21(17-33-4)24(30)27-14-8-9-15-27/h16,18,21H,5-11,14-15,17H2,1-4H3,(H,31,32)/t21-/m0/s1. The monoisotopic (exact) mass is 488 g/mol. The first kappa shape index (κ1) is 26.2. The highest BCUT2D eigenvalue weighted by atomic mass is 32.1. The van der Waals surface area contributed by atoms with Crippen LogP contribution in [0.15, 0.2) is 6.07 Å². The molecular formula is C26H36N2O5S. The van der Waals surface area contributed by atoms with Crippen LogP contribution in [0, 0.1) is 23.2 Å². The van der Waals surface area contributed by atoms with Crippen LogP contribution in [0.1, 0.15) is 80.3 Å². The SMILES string of the molecule is COC[C@@H](C(=O)N1CCCC1)N(C(=O)C1CCCCC1)c1cc(C#CC(C)(C)C)sc1C(=O)O. The number of ether oxygens (including phenoxy) is 1. The zero-order valence-corrected chi connectivity index (χ0v) is 21.5. The Morgan fingerprint density at radius 2 is 1.82 bits per heavy atom. The number of carboxylic acid groups (broad SMARTS) is 1. The third-order valence-corrected chi connectivity index (χ3v) is 7.29. The number of likely N-dealkylation sites (tertiary alicyclic amines) is 1. The highest BCUT2D eigenvalue weighted by molar-refractivity contribution is 7.15. The minimum Gasteiger partial charge on any atom is -0.477 e. The number of aromatic carboxylic acids is 1. The zero-order chi connectivity index (χ0) is 24.9. The lowest BCUT2D eigenvalue weighted by Gasteiger charge is -2.36. The highest BCUT2D eigenvalue weighted by Gasteiger charge is 2.40. The van der Waals surface area contributed by atoms with Crippen LogP contribution in [0.2, 0.25) is 0 Å². The second kappa shape index (κ2) is 11.4. The number of thiophene rings is 1. The van der Waals surface area contributed by atoms with Crippen LogP contribution < -0.4 is 4.90 Å². The van der Waals surface area contributed by atoms with E-state index in [4.69, 9.17) is 4.74 Å². The van der Waals surface area contributed by atoms with Crippen molar-refractivity contribution in [3.05, 3.63) is 15.8 Å². The Morgan fingerprint density at radius 3 is 2.38 bits per heavy atom. The van der Waals surface area contributed by atoms with E-state index in [9.17, 15) is 19.5 Å². The number of anilines is 1. The number of carboxylic acids is 1. The van der Waals surface area contributed by atoms with Gasteiger partial charge in [-0.3, -0.25) is 14.5 Å². The van der Waals surface area contributed by atoms with Crippen LogP contribution in [0.4, 0.5) is 5.69 Å². The van der Waals surface area contributed by atoms with Gasteiger partial charge in [-0.25, -0.2) is 4.79 Å². The van der Waals surface area contributed by atoms with Crippen LogP contribution in [0.3, 0.4) is 0 Å². The molecule has 0 radical (unpaired) electrons. The fourth-order valence-corrected chi connectivity index (χ4v) is 5.41. The number of carbonyl (C=O) groups excluding carboxylic acids is 2. The lowest BCUT2D eigenvalue weighted by Crippen LogP contribution is -2.54. The fraction of sp³-hybridized carbons (Fsp3) is 0.654. The van der Waals surface area contributed by atoms with Gasteiger partial charge in [-0.2, -0.15) is 0 Å². The largest absolute Gasteiger partial charge is 0.477 e. The van der Waals surface area contributed by atoms with Crippen molar-refractivity contribution in [2.45, 2.75) is 71.8 Å². The lowest BCUT2D eigenvalue weighted by molar-refractivity contribution is -0.136. The Bertz CT molecular complexity index is 956. The Morgan fingerprint density at radius 1 is 1.18 bits per heavy atom. The number of hydrogen-bond acceptors (Lipinski definition) is 5. The Balaban J connectivity index is 2.10. The number of rotatable bonds is 7. The maximum absolute atomic E-state index is 13.9. The maximum Gasteiger partial charge on any atom is 0.348 e. The summed E-state index contributed by atoms with van der Waals surface area (Å²) >= 11 is 1.05. The van der Waals surface area contributed by atoms with E-state index >= 15 is 0 Å². The van der Waals surface area contributed by atoms with Gasteiger partial charge in [0.25, 0.3) is 0 Å².